The van der Waals surface area contributed by atoms with Crippen molar-refractivity contribution in [3.63, 3.8) is 0 Å². The fourth-order valence-electron chi connectivity index (χ4n) is 5.18. The fraction of sp³-hybridized carbons (Fsp3) is 0.267. The third kappa shape index (κ3) is 6.37. The third-order valence-electron chi connectivity index (χ3n) is 7.33. The van der Waals surface area contributed by atoms with Gasteiger partial charge in [-0.3, -0.25) is 14.6 Å². The number of hydrogen-bond donors (Lipinski definition) is 3. The van der Waals surface area contributed by atoms with Crippen molar-refractivity contribution in [2.75, 3.05) is 6.54 Å². The van der Waals surface area contributed by atoms with Gasteiger partial charge < -0.3 is 20.6 Å². The van der Waals surface area contributed by atoms with Gasteiger partial charge in [-0.1, -0.05) is 41.8 Å². The zero-order valence-corrected chi connectivity index (χ0v) is 25.0. The highest BCUT2D eigenvalue weighted by Gasteiger charge is 2.24. The average molecular weight is 624 g/mol. The molecule has 2 bridgehead atoms. The normalized spacial score (nSPS) is 19.2. The Balaban J connectivity index is 1.64. The van der Waals surface area contributed by atoms with Crippen LogP contribution in [0.4, 0.5) is 4.39 Å². The minimum Gasteiger partial charge on any atom is -0.383 e. The van der Waals surface area contributed by atoms with Crippen LogP contribution in [-0.2, 0) is 4.79 Å². The number of nitrogens with one attached hydrogen (secondary N) is 3. The zero-order valence-electron chi connectivity index (χ0n) is 23.4. The predicted molar refractivity (Wildman–Crippen MR) is 164 cm³/mol. The van der Waals surface area contributed by atoms with Crippen molar-refractivity contribution in [3.8, 4) is 16.8 Å². The molecular weight excluding hydrogens is 594 g/mol. The van der Waals surface area contributed by atoms with E-state index in [1.165, 1.54) is 27.7 Å². The fourth-order valence-corrected chi connectivity index (χ4v) is 5.48. The number of amides is 1. The maximum absolute atomic E-state index is 16.0. The first-order valence-electron chi connectivity index (χ1n) is 13.8. The molecule has 3 aromatic heterocycles. The first-order valence-corrected chi connectivity index (χ1v) is 14.5. The summed E-state index contributed by atoms with van der Waals surface area (Å²) in [7, 11) is 0. The number of nitrogens with zero attached hydrogens (tertiary/aromatic N) is 5. The van der Waals surface area contributed by atoms with Gasteiger partial charge in [-0.25, -0.2) is 9.07 Å². The summed E-state index contributed by atoms with van der Waals surface area (Å²) in [4.78, 5) is 31.2. The molecule has 1 aromatic carbocycles. The maximum Gasteiger partial charge on any atom is 0.251 e. The van der Waals surface area contributed by atoms with Crippen LogP contribution in [0, 0.1) is 17.1 Å². The van der Waals surface area contributed by atoms with Gasteiger partial charge in [0.15, 0.2) is 5.15 Å². The Bertz CT molecular complexity index is 1780. The van der Waals surface area contributed by atoms with Crippen molar-refractivity contribution in [2.45, 2.75) is 39.2 Å². The number of rotatable bonds is 6. The van der Waals surface area contributed by atoms with E-state index in [9.17, 15) is 9.59 Å². The summed E-state index contributed by atoms with van der Waals surface area (Å²) in [5.74, 6) is -1.21. The molecule has 0 radical (unpaired) electrons. The number of aromatic nitrogens is 5. The van der Waals surface area contributed by atoms with Crippen LogP contribution < -0.4 is 16.2 Å². The highest BCUT2D eigenvalue weighted by Crippen LogP contribution is 2.33. The van der Waals surface area contributed by atoms with Gasteiger partial charge in [0.2, 0.25) is 5.91 Å². The molecule has 1 aliphatic rings. The Hall–Kier alpha value is -4.35. The smallest absolute Gasteiger partial charge is 0.251 e. The largest absolute Gasteiger partial charge is 0.383 e. The molecule has 13 heteroatoms. The lowest BCUT2D eigenvalue weighted by Gasteiger charge is -2.24. The molecule has 43 heavy (non-hydrogen) atoms. The summed E-state index contributed by atoms with van der Waals surface area (Å²) >= 11 is 12.2. The Labute approximate surface area is 257 Å². The van der Waals surface area contributed by atoms with E-state index in [-0.39, 0.29) is 22.5 Å². The molecule has 10 nitrogen and oxygen atoms in total. The molecule has 0 saturated heterocycles. The number of benzene rings is 1. The number of carbonyl (C=O) groups excluding carboxylic acids is 1. The van der Waals surface area contributed by atoms with E-state index in [0.717, 1.165) is 6.21 Å². The lowest BCUT2D eigenvalue weighted by atomic mass is 9.96. The van der Waals surface area contributed by atoms with Crippen molar-refractivity contribution >= 4 is 41.0 Å². The van der Waals surface area contributed by atoms with Crippen molar-refractivity contribution in [3.05, 3.63) is 98.3 Å². The van der Waals surface area contributed by atoms with E-state index in [4.69, 9.17) is 28.6 Å². The van der Waals surface area contributed by atoms with E-state index in [1.54, 1.807) is 36.5 Å². The number of fused-ring (bicyclic) bond motifs is 2. The molecule has 4 heterocycles. The first kappa shape index (κ1) is 30.1. The van der Waals surface area contributed by atoms with Crippen LogP contribution in [0.1, 0.15) is 50.4 Å². The monoisotopic (exact) mass is 622 g/mol. The number of halogens is 3. The van der Waals surface area contributed by atoms with E-state index >= 15 is 4.39 Å². The molecule has 0 unspecified atom stereocenters. The Morgan fingerprint density at radius 2 is 1.95 bits per heavy atom. The molecular formula is C30H29Cl2FN8O2. The Kier molecular flexibility index (Phi) is 9.02. The maximum atomic E-state index is 16.0. The summed E-state index contributed by atoms with van der Waals surface area (Å²) in [6.45, 7) is 4.26. The molecule has 2 atom stereocenters. The van der Waals surface area contributed by atoms with Gasteiger partial charge in [0.1, 0.15) is 5.82 Å². The van der Waals surface area contributed by atoms with Crippen LogP contribution in [-0.4, -0.2) is 43.2 Å². The van der Waals surface area contributed by atoms with Crippen LogP contribution in [0.3, 0.4) is 0 Å². The highest BCUT2D eigenvalue weighted by atomic mass is 35.5. The minimum atomic E-state index is -0.649. The van der Waals surface area contributed by atoms with Gasteiger partial charge in [-0.2, -0.15) is 0 Å². The topological polar surface area (TPSA) is 131 Å². The quantitative estimate of drug-likeness (QED) is 0.247. The molecule has 5 rings (SSSR count). The van der Waals surface area contributed by atoms with Crippen LogP contribution in [0.25, 0.3) is 22.5 Å². The van der Waals surface area contributed by atoms with Crippen LogP contribution in [0.15, 0.2) is 65.5 Å². The second-order valence-electron chi connectivity index (χ2n) is 10.2. The van der Waals surface area contributed by atoms with Gasteiger partial charge in [0.05, 0.1) is 35.0 Å². The molecule has 0 fully saturated rings. The predicted octanol–water partition coefficient (Wildman–Crippen LogP) is 5.39. The summed E-state index contributed by atoms with van der Waals surface area (Å²) in [6.07, 6.45) is 6.87. The summed E-state index contributed by atoms with van der Waals surface area (Å²) < 4.78 is 18.7. The molecule has 0 spiro atoms. The number of pyridine rings is 2. The lowest BCUT2D eigenvalue weighted by Crippen LogP contribution is -2.32. The summed E-state index contributed by atoms with van der Waals surface area (Å²) in [5, 5.41) is 22.3. The van der Waals surface area contributed by atoms with Crippen LogP contribution in [0.2, 0.25) is 10.2 Å². The third-order valence-corrected chi connectivity index (χ3v) is 7.74. The second-order valence-corrected chi connectivity index (χ2v) is 11.0. The van der Waals surface area contributed by atoms with Gasteiger partial charge >= 0.3 is 0 Å². The summed E-state index contributed by atoms with van der Waals surface area (Å²) in [5.41, 5.74) is 2.47. The van der Waals surface area contributed by atoms with Crippen LogP contribution in [0.5, 0.6) is 0 Å². The molecule has 4 aromatic rings. The average Bonchev–Trinajstić information content (AvgIpc) is 3.43. The summed E-state index contributed by atoms with van der Waals surface area (Å²) in [6, 6.07) is 8.99. The standard InChI is InChI=1S/C30H29Cl2FN8O2/c1-3-35-29-18-9-10-36-23(11-18)26(6-4-5-17(2)30(43)37-24(29)14-34)40-15-22(33)20(13-28(40)42)21-12-19(31)7-8-25(21)41-16-27(32)38-39-41/h7-17,26,34-35H,3-6H2,1-2H3,(H,37,43)/b29-24+,34-14?/t17-,26+/m1/s1. The van der Waals surface area contributed by atoms with E-state index < -0.39 is 17.4 Å². The second kappa shape index (κ2) is 12.9. The van der Waals surface area contributed by atoms with Gasteiger partial charge in [-0.05, 0) is 50.1 Å². The molecule has 1 amide bonds. The van der Waals surface area contributed by atoms with Gasteiger partial charge in [-0.15, -0.1) is 5.10 Å². The van der Waals surface area contributed by atoms with Gasteiger partial charge in [0.25, 0.3) is 5.56 Å². The highest BCUT2D eigenvalue weighted by molar-refractivity contribution is 6.31. The number of hydrogen-bond acceptors (Lipinski definition) is 7. The molecule has 1 aliphatic heterocycles. The number of carbonyl (C=O) groups is 1. The van der Waals surface area contributed by atoms with Crippen molar-refractivity contribution < 1.29 is 9.18 Å². The first-order chi connectivity index (χ1) is 20.7. The molecule has 0 saturated carbocycles. The molecule has 0 aliphatic carbocycles. The Morgan fingerprint density at radius 3 is 2.67 bits per heavy atom. The Morgan fingerprint density at radius 1 is 1.14 bits per heavy atom. The van der Waals surface area contributed by atoms with E-state index in [0.29, 0.717) is 64.7 Å². The SMILES string of the molecule is CCN/C1=C(\C=N)NC(=O)[C@H](C)CCC[C@H](n2cc(F)c(-c3cc(Cl)ccc3-n3cc(Cl)nn3)cc2=O)c2cc1ccn2. The molecule has 3 N–H and O–H groups in total. The minimum absolute atomic E-state index is 0.0403. The number of allylic oxidation sites excluding steroid dienone is 1. The van der Waals surface area contributed by atoms with Crippen molar-refractivity contribution in [2.24, 2.45) is 5.92 Å². The van der Waals surface area contributed by atoms with Crippen LogP contribution >= 0.6 is 23.2 Å². The zero-order chi connectivity index (χ0) is 30.7. The lowest BCUT2D eigenvalue weighted by molar-refractivity contribution is -0.123. The van der Waals surface area contributed by atoms with Crippen molar-refractivity contribution in [1.82, 2.24) is 35.2 Å². The van der Waals surface area contributed by atoms with E-state index in [1.807, 2.05) is 13.8 Å². The van der Waals surface area contributed by atoms with E-state index in [2.05, 4.69) is 25.9 Å². The van der Waals surface area contributed by atoms with Crippen molar-refractivity contribution in [1.29, 1.82) is 5.41 Å². The van der Waals surface area contributed by atoms with Gasteiger partial charge in [0, 0.05) is 58.9 Å². The molecule has 222 valence electrons.